The van der Waals surface area contributed by atoms with Crippen molar-refractivity contribution in [2.24, 2.45) is 5.92 Å². The fraction of sp³-hybridized carbons (Fsp3) is 0.538. The van der Waals surface area contributed by atoms with Crippen LogP contribution in [0.4, 0.5) is 0 Å². The van der Waals surface area contributed by atoms with Crippen molar-refractivity contribution in [3.63, 3.8) is 0 Å². The Balaban J connectivity index is 2.08. The summed E-state index contributed by atoms with van der Waals surface area (Å²) in [7, 11) is 0. The molecule has 3 nitrogen and oxygen atoms in total. The average Bonchev–Trinajstić information content (AvgIpc) is 3.01. The highest BCUT2D eigenvalue weighted by Gasteiger charge is 2.21. The first-order chi connectivity index (χ1) is 7.70. The zero-order chi connectivity index (χ0) is 11.5. The van der Waals surface area contributed by atoms with Gasteiger partial charge in [0.25, 0.3) is 0 Å². The van der Waals surface area contributed by atoms with Gasteiger partial charge in [-0.2, -0.15) is 5.26 Å². The number of hydrogen-bond acceptors (Lipinski definition) is 3. The zero-order valence-corrected chi connectivity index (χ0v) is 9.79. The molecule has 0 unspecified atom stereocenters. The Hall–Kier alpha value is -1.56. The minimum Gasteiger partial charge on any atom is -0.477 e. The predicted octanol–water partition coefficient (Wildman–Crippen LogP) is 2.75. The van der Waals surface area contributed by atoms with Crippen LogP contribution in [0.15, 0.2) is 6.07 Å². The van der Waals surface area contributed by atoms with E-state index in [4.69, 9.17) is 10.00 Å². The molecule has 0 radical (unpaired) electrons. The van der Waals surface area contributed by atoms with Crippen molar-refractivity contribution in [3.8, 4) is 11.9 Å². The third kappa shape index (κ3) is 2.52. The summed E-state index contributed by atoms with van der Waals surface area (Å²) >= 11 is 0. The Bertz CT molecular complexity index is 430. The minimum atomic E-state index is 0.501. The van der Waals surface area contributed by atoms with Crippen LogP contribution < -0.4 is 4.74 Å². The maximum Gasteiger partial charge on any atom is 0.232 e. The molecule has 0 spiro atoms. The van der Waals surface area contributed by atoms with Crippen molar-refractivity contribution in [2.45, 2.75) is 33.1 Å². The second kappa shape index (κ2) is 4.52. The second-order valence-corrected chi connectivity index (χ2v) is 4.45. The van der Waals surface area contributed by atoms with Gasteiger partial charge in [0.2, 0.25) is 5.88 Å². The van der Waals surface area contributed by atoms with Gasteiger partial charge in [0.1, 0.15) is 11.6 Å². The van der Waals surface area contributed by atoms with E-state index in [-0.39, 0.29) is 0 Å². The average molecular weight is 216 g/mol. The standard InChI is InChI=1S/C13H16N2O/c1-9-7-10(2)15-13(12(9)8-14)16-6-5-11-3-4-11/h7,11H,3-6H2,1-2H3. The zero-order valence-electron chi connectivity index (χ0n) is 9.79. The second-order valence-electron chi connectivity index (χ2n) is 4.45. The molecule has 3 heteroatoms. The maximum absolute atomic E-state index is 9.04. The van der Waals surface area contributed by atoms with Crippen LogP contribution in [0.25, 0.3) is 0 Å². The van der Waals surface area contributed by atoms with Crippen LogP contribution in [0.3, 0.4) is 0 Å². The molecule has 1 aromatic heterocycles. The smallest absolute Gasteiger partial charge is 0.232 e. The number of aromatic nitrogens is 1. The monoisotopic (exact) mass is 216 g/mol. The molecule has 0 N–H and O–H groups in total. The number of hydrogen-bond donors (Lipinski definition) is 0. The van der Waals surface area contributed by atoms with Crippen LogP contribution in [0.1, 0.15) is 36.1 Å². The molecule has 0 saturated heterocycles. The van der Waals surface area contributed by atoms with Gasteiger partial charge in [-0.3, -0.25) is 0 Å². The fourth-order valence-electron chi connectivity index (χ4n) is 1.77. The van der Waals surface area contributed by atoms with Crippen LogP contribution in [0, 0.1) is 31.1 Å². The Morgan fingerprint density at radius 2 is 2.25 bits per heavy atom. The Morgan fingerprint density at radius 3 is 2.88 bits per heavy atom. The Labute approximate surface area is 96.1 Å². The lowest BCUT2D eigenvalue weighted by molar-refractivity contribution is 0.289. The van der Waals surface area contributed by atoms with Gasteiger partial charge in [-0.05, 0) is 37.8 Å². The first-order valence-corrected chi connectivity index (χ1v) is 5.72. The number of nitrogens with zero attached hydrogens (tertiary/aromatic N) is 2. The van der Waals surface area contributed by atoms with Crippen molar-refractivity contribution in [3.05, 3.63) is 22.9 Å². The number of pyridine rings is 1. The largest absolute Gasteiger partial charge is 0.477 e. The van der Waals surface area contributed by atoms with Gasteiger partial charge in [0.15, 0.2) is 0 Å². The molecular weight excluding hydrogens is 200 g/mol. The van der Waals surface area contributed by atoms with Crippen LogP contribution in [0.2, 0.25) is 0 Å². The lowest BCUT2D eigenvalue weighted by Crippen LogP contribution is -2.04. The number of nitriles is 1. The summed E-state index contributed by atoms with van der Waals surface area (Å²) in [6, 6.07) is 4.07. The van der Waals surface area contributed by atoms with Crippen molar-refractivity contribution in [2.75, 3.05) is 6.61 Å². The lowest BCUT2D eigenvalue weighted by atomic mass is 10.1. The lowest BCUT2D eigenvalue weighted by Gasteiger charge is -2.09. The van der Waals surface area contributed by atoms with E-state index >= 15 is 0 Å². The van der Waals surface area contributed by atoms with E-state index in [2.05, 4.69) is 11.1 Å². The highest BCUT2D eigenvalue weighted by atomic mass is 16.5. The van der Waals surface area contributed by atoms with Crippen molar-refractivity contribution >= 4 is 0 Å². The fourth-order valence-corrected chi connectivity index (χ4v) is 1.77. The normalized spacial score (nSPS) is 14.6. The van der Waals surface area contributed by atoms with Gasteiger partial charge in [0, 0.05) is 5.69 Å². The van der Waals surface area contributed by atoms with Crippen LogP contribution in [-0.4, -0.2) is 11.6 Å². The van der Waals surface area contributed by atoms with E-state index in [1.165, 1.54) is 12.8 Å². The van der Waals surface area contributed by atoms with E-state index < -0.39 is 0 Å². The van der Waals surface area contributed by atoms with Gasteiger partial charge in [-0.25, -0.2) is 4.98 Å². The number of aryl methyl sites for hydroxylation is 2. The topological polar surface area (TPSA) is 45.9 Å². The van der Waals surface area contributed by atoms with Crippen LogP contribution >= 0.6 is 0 Å². The molecule has 1 saturated carbocycles. The van der Waals surface area contributed by atoms with Gasteiger partial charge in [-0.1, -0.05) is 12.8 Å². The molecule has 0 atom stereocenters. The molecular formula is C13H16N2O. The van der Waals surface area contributed by atoms with Crippen LogP contribution in [0.5, 0.6) is 5.88 Å². The molecule has 1 aromatic rings. The molecule has 1 aliphatic rings. The van der Waals surface area contributed by atoms with E-state index in [1.54, 1.807) is 0 Å². The predicted molar refractivity (Wildman–Crippen MR) is 61.3 cm³/mol. The molecule has 1 fully saturated rings. The number of ether oxygens (including phenoxy) is 1. The molecule has 2 rings (SSSR count). The first-order valence-electron chi connectivity index (χ1n) is 5.72. The molecule has 16 heavy (non-hydrogen) atoms. The molecule has 84 valence electrons. The summed E-state index contributed by atoms with van der Waals surface area (Å²) in [4.78, 5) is 4.28. The SMILES string of the molecule is Cc1cc(C)c(C#N)c(OCCC2CC2)n1. The third-order valence-corrected chi connectivity index (χ3v) is 2.89. The van der Waals surface area contributed by atoms with Crippen molar-refractivity contribution in [1.29, 1.82) is 5.26 Å². The van der Waals surface area contributed by atoms with Gasteiger partial charge in [-0.15, -0.1) is 0 Å². The quantitative estimate of drug-likeness (QED) is 0.777. The Kier molecular flexibility index (Phi) is 3.09. The van der Waals surface area contributed by atoms with E-state index in [0.717, 1.165) is 23.6 Å². The van der Waals surface area contributed by atoms with E-state index in [9.17, 15) is 0 Å². The van der Waals surface area contributed by atoms with E-state index in [1.807, 2.05) is 19.9 Å². The van der Waals surface area contributed by atoms with Gasteiger partial charge < -0.3 is 4.74 Å². The first kappa shape index (κ1) is 10.9. The molecule has 0 aromatic carbocycles. The van der Waals surface area contributed by atoms with Crippen molar-refractivity contribution < 1.29 is 4.74 Å². The van der Waals surface area contributed by atoms with Gasteiger partial charge in [0.05, 0.1) is 6.61 Å². The summed E-state index contributed by atoms with van der Waals surface area (Å²) in [5, 5.41) is 9.04. The van der Waals surface area contributed by atoms with Crippen molar-refractivity contribution in [1.82, 2.24) is 4.98 Å². The Morgan fingerprint density at radius 1 is 1.50 bits per heavy atom. The highest BCUT2D eigenvalue weighted by molar-refractivity contribution is 5.45. The molecule has 0 aliphatic heterocycles. The molecule has 1 aliphatic carbocycles. The molecule has 1 heterocycles. The van der Waals surface area contributed by atoms with Crippen LogP contribution in [-0.2, 0) is 0 Å². The summed E-state index contributed by atoms with van der Waals surface area (Å²) in [5.74, 6) is 1.34. The summed E-state index contributed by atoms with van der Waals surface area (Å²) < 4.78 is 5.61. The van der Waals surface area contributed by atoms with Gasteiger partial charge >= 0.3 is 0 Å². The maximum atomic E-state index is 9.04. The summed E-state index contributed by atoms with van der Waals surface area (Å²) in [6.07, 6.45) is 3.74. The highest BCUT2D eigenvalue weighted by Crippen LogP contribution is 2.32. The molecule has 0 bridgehead atoms. The summed E-state index contributed by atoms with van der Waals surface area (Å²) in [5.41, 5.74) is 2.41. The third-order valence-electron chi connectivity index (χ3n) is 2.89. The van der Waals surface area contributed by atoms with E-state index in [0.29, 0.717) is 18.1 Å². The summed E-state index contributed by atoms with van der Waals surface area (Å²) in [6.45, 7) is 4.51. The minimum absolute atomic E-state index is 0.501. The number of rotatable bonds is 4. The molecule has 0 amide bonds.